The fourth-order valence-corrected chi connectivity index (χ4v) is 3.60. The van der Waals surface area contributed by atoms with E-state index in [2.05, 4.69) is 40.5 Å². The monoisotopic (exact) mass is 356 g/mol. The molecule has 6 nitrogen and oxygen atoms in total. The molecule has 0 aromatic carbocycles. The standard InChI is InChI=1S/C19H25FN6/c1-19(2,3)17-23-15-6-4-5-14(15)16(24-17)25-7-9-26(10-8-25)18-21-11-13(20)12-22-18/h11-12H,4-10H2,1-3H3. The van der Waals surface area contributed by atoms with E-state index in [0.717, 1.165) is 57.1 Å². The lowest BCUT2D eigenvalue weighted by atomic mass is 9.95. The van der Waals surface area contributed by atoms with Crippen LogP contribution in [0.4, 0.5) is 16.2 Å². The summed E-state index contributed by atoms with van der Waals surface area (Å²) < 4.78 is 13.0. The van der Waals surface area contributed by atoms with Crippen molar-refractivity contribution in [2.24, 2.45) is 0 Å². The van der Waals surface area contributed by atoms with E-state index in [1.54, 1.807) is 0 Å². The van der Waals surface area contributed by atoms with Crippen LogP contribution in [0.15, 0.2) is 12.4 Å². The Morgan fingerprint density at radius 3 is 2.23 bits per heavy atom. The summed E-state index contributed by atoms with van der Waals surface area (Å²) in [5.74, 6) is 2.22. The molecular weight excluding hydrogens is 331 g/mol. The normalized spacial score (nSPS) is 17.5. The zero-order valence-corrected chi connectivity index (χ0v) is 15.7. The van der Waals surface area contributed by atoms with Gasteiger partial charge in [-0.15, -0.1) is 0 Å². The van der Waals surface area contributed by atoms with Gasteiger partial charge in [-0.1, -0.05) is 20.8 Å². The van der Waals surface area contributed by atoms with Gasteiger partial charge in [0.15, 0.2) is 5.82 Å². The summed E-state index contributed by atoms with van der Waals surface area (Å²) in [4.78, 5) is 22.5. The van der Waals surface area contributed by atoms with Crippen molar-refractivity contribution in [1.29, 1.82) is 0 Å². The Balaban J connectivity index is 1.56. The molecule has 2 aliphatic rings. The van der Waals surface area contributed by atoms with E-state index in [0.29, 0.717) is 5.95 Å². The molecule has 0 radical (unpaired) electrons. The first-order valence-electron chi connectivity index (χ1n) is 9.29. The van der Waals surface area contributed by atoms with Gasteiger partial charge in [-0.3, -0.25) is 0 Å². The second-order valence-corrected chi connectivity index (χ2v) is 8.07. The van der Waals surface area contributed by atoms with E-state index >= 15 is 0 Å². The summed E-state index contributed by atoms with van der Waals surface area (Å²) in [7, 11) is 0. The fourth-order valence-electron chi connectivity index (χ4n) is 3.60. The minimum absolute atomic E-state index is 0.0594. The van der Waals surface area contributed by atoms with Crippen LogP contribution >= 0.6 is 0 Å². The van der Waals surface area contributed by atoms with Crippen molar-refractivity contribution in [1.82, 2.24) is 19.9 Å². The molecule has 1 saturated heterocycles. The van der Waals surface area contributed by atoms with Crippen LogP contribution in [0, 0.1) is 5.82 Å². The Morgan fingerprint density at radius 1 is 0.923 bits per heavy atom. The van der Waals surface area contributed by atoms with Crippen LogP contribution in [0.25, 0.3) is 0 Å². The van der Waals surface area contributed by atoms with Gasteiger partial charge in [0.25, 0.3) is 0 Å². The second kappa shape index (κ2) is 6.45. The highest BCUT2D eigenvalue weighted by Crippen LogP contribution is 2.32. The first-order valence-corrected chi connectivity index (χ1v) is 9.29. The van der Waals surface area contributed by atoms with Gasteiger partial charge in [-0.25, -0.2) is 24.3 Å². The summed E-state index contributed by atoms with van der Waals surface area (Å²) in [5.41, 5.74) is 2.49. The van der Waals surface area contributed by atoms with Crippen molar-refractivity contribution in [3.05, 3.63) is 35.3 Å². The molecule has 7 heteroatoms. The Labute approximate surface area is 153 Å². The average Bonchev–Trinajstić information content (AvgIpc) is 3.10. The molecule has 1 fully saturated rings. The van der Waals surface area contributed by atoms with E-state index in [1.807, 2.05) is 0 Å². The lowest BCUT2D eigenvalue weighted by molar-refractivity contribution is 0.538. The van der Waals surface area contributed by atoms with E-state index in [4.69, 9.17) is 9.97 Å². The summed E-state index contributed by atoms with van der Waals surface area (Å²) in [6, 6.07) is 0. The molecule has 0 unspecified atom stereocenters. The van der Waals surface area contributed by atoms with Gasteiger partial charge < -0.3 is 9.80 Å². The zero-order chi connectivity index (χ0) is 18.3. The maximum atomic E-state index is 13.0. The topological polar surface area (TPSA) is 58.0 Å². The number of aryl methyl sites for hydroxylation is 1. The molecule has 0 saturated carbocycles. The number of hydrogen-bond acceptors (Lipinski definition) is 6. The van der Waals surface area contributed by atoms with Crippen molar-refractivity contribution in [3.8, 4) is 0 Å². The summed E-state index contributed by atoms with van der Waals surface area (Å²) in [6.45, 7) is 9.80. The second-order valence-electron chi connectivity index (χ2n) is 8.07. The number of fused-ring (bicyclic) bond motifs is 1. The number of halogens is 1. The molecule has 0 amide bonds. The largest absolute Gasteiger partial charge is 0.353 e. The van der Waals surface area contributed by atoms with Crippen molar-refractivity contribution < 1.29 is 4.39 Å². The molecule has 3 heterocycles. The Kier molecular flexibility index (Phi) is 4.25. The molecule has 4 rings (SSSR count). The van der Waals surface area contributed by atoms with E-state index in [-0.39, 0.29) is 5.41 Å². The molecule has 1 aliphatic heterocycles. The summed E-state index contributed by atoms with van der Waals surface area (Å²) in [5, 5.41) is 0. The van der Waals surface area contributed by atoms with Crippen molar-refractivity contribution in [2.45, 2.75) is 45.4 Å². The van der Waals surface area contributed by atoms with Crippen LogP contribution in [0.2, 0.25) is 0 Å². The molecule has 0 bridgehead atoms. The van der Waals surface area contributed by atoms with Crippen LogP contribution in [-0.4, -0.2) is 46.1 Å². The van der Waals surface area contributed by atoms with Crippen molar-refractivity contribution >= 4 is 11.8 Å². The fraction of sp³-hybridized carbons (Fsp3) is 0.579. The Morgan fingerprint density at radius 2 is 1.58 bits per heavy atom. The molecule has 2 aromatic heterocycles. The molecule has 0 N–H and O–H groups in total. The van der Waals surface area contributed by atoms with Crippen molar-refractivity contribution in [3.63, 3.8) is 0 Å². The van der Waals surface area contributed by atoms with Crippen LogP contribution < -0.4 is 9.80 Å². The maximum Gasteiger partial charge on any atom is 0.225 e. The highest BCUT2D eigenvalue weighted by atomic mass is 19.1. The Bertz CT molecular complexity index is 791. The number of piperazine rings is 1. The van der Waals surface area contributed by atoms with Crippen molar-refractivity contribution in [2.75, 3.05) is 36.0 Å². The minimum Gasteiger partial charge on any atom is -0.353 e. The van der Waals surface area contributed by atoms with E-state index < -0.39 is 5.82 Å². The smallest absolute Gasteiger partial charge is 0.225 e. The average molecular weight is 356 g/mol. The third-order valence-electron chi connectivity index (χ3n) is 5.05. The van der Waals surface area contributed by atoms with Gasteiger partial charge in [0.1, 0.15) is 11.6 Å². The van der Waals surface area contributed by atoms with Crippen LogP contribution in [0.5, 0.6) is 0 Å². The van der Waals surface area contributed by atoms with Gasteiger partial charge in [-0.05, 0) is 19.3 Å². The van der Waals surface area contributed by atoms with Gasteiger partial charge in [0.2, 0.25) is 5.95 Å². The maximum absolute atomic E-state index is 13.0. The van der Waals surface area contributed by atoms with Crippen LogP contribution in [0.3, 0.4) is 0 Å². The number of rotatable bonds is 2. The molecular formula is C19H25FN6. The SMILES string of the molecule is CC(C)(C)c1nc2c(c(N3CCN(c4ncc(F)cn4)CC3)n1)CCC2. The van der Waals surface area contributed by atoms with E-state index in [1.165, 1.54) is 23.7 Å². The van der Waals surface area contributed by atoms with Gasteiger partial charge >= 0.3 is 0 Å². The van der Waals surface area contributed by atoms with Gasteiger partial charge in [0.05, 0.1) is 12.4 Å². The lowest BCUT2D eigenvalue weighted by Crippen LogP contribution is -2.48. The van der Waals surface area contributed by atoms with Gasteiger partial charge in [0, 0.05) is 42.9 Å². The quantitative estimate of drug-likeness (QED) is 0.824. The number of nitrogens with zero attached hydrogens (tertiary/aromatic N) is 6. The third kappa shape index (κ3) is 3.22. The number of aromatic nitrogens is 4. The molecule has 0 atom stereocenters. The Hall–Kier alpha value is -2.31. The highest BCUT2D eigenvalue weighted by molar-refractivity contribution is 5.53. The number of anilines is 2. The molecule has 0 spiro atoms. The minimum atomic E-state index is -0.404. The van der Waals surface area contributed by atoms with E-state index in [9.17, 15) is 4.39 Å². The first kappa shape index (κ1) is 17.1. The molecule has 1 aliphatic carbocycles. The number of hydrogen-bond donors (Lipinski definition) is 0. The third-order valence-corrected chi connectivity index (χ3v) is 5.05. The zero-order valence-electron chi connectivity index (χ0n) is 15.7. The molecule has 138 valence electrons. The van der Waals surface area contributed by atoms with Crippen LogP contribution in [0.1, 0.15) is 44.3 Å². The summed E-state index contributed by atoms with van der Waals surface area (Å²) in [6.07, 6.45) is 5.73. The predicted octanol–water partition coefficient (Wildman–Crippen LogP) is 2.52. The predicted molar refractivity (Wildman–Crippen MR) is 99.2 cm³/mol. The lowest BCUT2D eigenvalue weighted by Gasteiger charge is -2.36. The van der Waals surface area contributed by atoms with Gasteiger partial charge in [-0.2, -0.15) is 0 Å². The molecule has 26 heavy (non-hydrogen) atoms. The van der Waals surface area contributed by atoms with Crippen LogP contribution in [-0.2, 0) is 18.3 Å². The molecule has 2 aromatic rings. The highest BCUT2D eigenvalue weighted by Gasteiger charge is 2.29. The summed E-state index contributed by atoms with van der Waals surface area (Å²) >= 11 is 0. The first-order chi connectivity index (χ1) is 12.4.